The summed E-state index contributed by atoms with van der Waals surface area (Å²) in [4.78, 5) is 23.2. The zero-order chi connectivity index (χ0) is 13.6. The van der Waals surface area contributed by atoms with E-state index in [1.54, 1.807) is 0 Å². The number of carbonyl (C=O) groups is 2. The maximum absolute atomic E-state index is 11.9. The first-order valence-electron chi connectivity index (χ1n) is 6.40. The van der Waals surface area contributed by atoms with Crippen molar-refractivity contribution in [3.8, 4) is 0 Å². The first kappa shape index (κ1) is 14.9. The van der Waals surface area contributed by atoms with E-state index in [1.165, 1.54) is 0 Å². The highest BCUT2D eigenvalue weighted by atomic mass is 16.5. The van der Waals surface area contributed by atoms with Crippen LogP contribution < -0.4 is 11.1 Å². The summed E-state index contributed by atoms with van der Waals surface area (Å²) in [5.41, 5.74) is 4.53. The minimum atomic E-state index is -1.21. The van der Waals surface area contributed by atoms with Gasteiger partial charge in [-0.05, 0) is 6.42 Å². The normalized spacial score (nSPS) is 20.1. The highest BCUT2D eigenvalue weighted by molar-refractivity contribution is 5.89. The smallest absolute Gasteiger partial charge is 0.329 e. The quantitative estimate of drug-likeness (QED) is 0.634. The Hall–Kier alpha value is -1.14. The maximum Gasteiger partial charge on any atom is 0.329 e. The van der Waals surface area contributed by atoms with E-state index in [0.29, 0.717) is 19.6 Å². The lowest BCUT2D eigenvalue weighted by Gasteiger charge is -2.34. The molecular formula is C12H22N2O4. The first-order valence-corrected chi connectivity index (χ1v) is 6.40. The lowest BCUT2D eigenvalue weighted by Crippen LogP contribution is -2.60. The molecule has 1 aliphatic heterocycles. The van der Waals surface area contributed by atoms with Crippen LogP contribution in [0.15, 0.2) is 0 Å². The third kappa shape index (κ3) is 3.68. The molecule has 6 nitrogen and oxygen atoms in total. The van der Waals surface area contributed by atoms with E-state index in [4.69, 9.17) is 10.5 Å². The number of nitrogens with two attached hydrogens (primary N) is 1. The number of carboxylic acids is 1. The molecule has 1 amide bonds. The minimum absolute atomic E-state index is 0.286. The van der Waals surface area contributed by atoms with Gasteiger partial charge in [0.05, 0.1) is 6.04 Å². The number of nitrogens with one attached hydrogen (secondary N) is 1. The standard InChI is InChI=1S/C12H22N2O4/c1-2-3-4-9(13)10(15)14-12(11(16)17)5-7-18-8-6-12/h9H,2-8,13H2,1H3,(H,14,15)(H,16,17)/t9-/m0/s1. The van der Waals surface area contributed by atoms with E-state index in [1.807, 2.05) is 6.92 Å². The topological polar surface area (TPSA) is 102 Å². The third-order valence-corrected chi connectivity index (χ3v) is 3.32. The minimum Gasteiger partial charge on any atom is -0.480 e. The molecule has 0 aromatic heterocycles. The number of rotatable bonds is 6. The molecule has 0 unspecified atom stereocenters. The fourth-order valence-corrected chi connectivity index (χ4v) is 2.00. The third-order valence-electron chi connectivity index (χ3n) is 3.32. The molecule has 0 aromatic carbocycles. The van der Waals surface area contributed by atoms with Crippen LogP contribution in [0, 0.1) is 0 Å². The van der Waals surface area contributed by atoms with Crippen molar-refractivity contribution >= 4 is 11.9 Å². The Labute approximate surface area is 107 Å². The maximum atomic E-state index is 11.9. The van der Waals surface area contributed by atoms with Crippen molar-refractivity contribution in [3.05, 3.63) is 0 Å². The number of unbranched alkanes of at least 4 members (excludes halogenated alkanes) is 1. The molecule has 104 valence electrons. The van der Waals surface area contributed by atoms with Gasteiger partial charge >= 0.3 is 5.97 Å². The van der Waals surface area contributed by atoms with Gasteiger partial charge in [0.25, 0.3) is 0 Å². The number of aliphatic carboxylic acids is 1. The molecule has 0 bridgehead atoms. The molecule has 6 heteroatoms. The Morgan fingerprint density at radius 1 is 1.44 bits per heavy atom. The van der Waals surface area contributed by atoms with E-state index < -0.39 is 17.6 Å². The Morgan fingerprint density at radius 3 is 2.56 bits per heavy atom. The number of hydrogen-bond donors (Lipinski definition) is 3. The molecule has 0 saturated carbocycles. The lowest BCUT2D eigenvalue weighted by atomic mass is 9.89. The van der Waals surface area contributed by atoms with Crippen molar-refractivity contribution < 1.29 is 19.4 Å². The summed E-state index contributed by atoms with van der Waals surface area (Å²) < 4.78 is 5.14. The summed E-state index contributed by atoms with van der Waals surface area (Å²) in [6.07, 6.45) is 2.97. The Bertz CT molecular complexity index is 300. The summed E-state index contributed by atoms with van der Waals surface area (Å²) >= 11 is 0. The average Bonchev–Trinajstić information content (AvgIpc) is 2.36. The van der Waals surface area contributed by atoms with Crippen LogP contribution >= 0.6 is 0 Å². The second-order valence-corrected chi connectivity index (χ2v) is 4.74. The predicted octanol–water partition coefficient (Wildman–Crippen LogP) is 0.254. The van der Waals surface area contributed by atoms with Gasteiger partial charge in [-0.15, -0.1) is 0 Å². The summed E-state index contributed by atoms with van der Waals surface area (Å²) in [6.45, 7) is 2.70. The molecule has 0 aromatic rings. The van der Waals surface area contributed by atoms with Gasteiger partial charge in [-0.25, -0.2) is 4.79 Å². The fraction of sp³-hybridized carbons (Fsp3) is 0.833. The van der Waals surface area contributed by atoms with Crippen LogP contribution in [-0.4, -0.2) is 41.8 Å². The molecule has 1 aliphatic rings. The molecule has 1 rings (SSSR count). The molecule has 0 spiro atoms. The van der Waals surface area contributed by atoms with Gasteiger partial charge < -0.3 is 20.9 Å². The van der Waals surface area contributed by atoms with E-state index in [2.05, 4.69) is 5.32 Å². The number of carboxylic acid groups (broad SMARTS) is 1. The zero-order valence-electron chi connectivity index (χ0n) is 10.8. The molecule has 1 fully saturated rings. The van der Waals surface area contributed by atoms with E-state index in [9.17, 15) is 14.7 Å². The molecule has 1 atom stereocenters. The number of hydrogen-bond acceptors (Lipinski definition) is 4. The Balaban J connectivity index is 2.60. The van der Waals surface area contributed by atoms with Crippen LogP contribution in [0.4, 0.5) is 0 Å². The second kappa shape index (κ2) is 6.70. The van der Waals surface area contributed by atoms with Crippen LogP contribution in [0.3, 0.4) is 0 Å². The first-order chi connectivity index (χ1) is 8.52. The highest BCUT2D eigenvalue weighted by Crippen LogP contribution is 2.21. The molecule has 4 N–H and O–H groups in total. The van der Waals surface area contributed by atoms with Crippen molar-refractivity contribution in [1.29, 1.82) is 0 Å². The monoisotopic (exact) mass is 258 g/mol. The van der Waals surface area contributed by atoms with Gasteiger partial charge in [0.15, 0.2) is 0 Å². The van der Waals surface area contributed by atoms with Crippen molar-refractivity contribution in [2.75, 3.05) is 13.2 Å². The van der Waals surface area contributed by atoms with Gasteiger partial charge in [0.2, 0.25) is 5.91 Å². The van der Waals surface area contributed by atoms with Crippen molar-refractivity contribution in [2.24, 2.45) is 5.73 Å². The molecule has 1 saturated heterocycles. The predicted molar refractivity (Wildman–Crippen MR) is 66.1 cm³/mol. The van der Waals surface area contributed by atoms with Gasteiger partial charge in [0, 0.05) is 26.1 Å². The summed E-state index contributed by atoms with van der Waals surface area (Å²) in [7, 11) is 0. The van der Waals surface area contributed by atoms with Crippen molar-refractivity contribution in [2.45, 2.75) is 50.6 Å². The van der Waals surface area contributed by atoms with Gasteiger partial charge in [-0.3, -0.25) is 4.79 Å². The summed E-state index contributed by atoms with van der Waals surface area (Å²) in [6, 6.07) is -0.635. The molecule has 1 heterocycles. The summed E-state index contributed by atoms with van der Waals surface area (Å²) in [5, 5.41) is 11.9. The number of ether oxygens (including phenoxy) is 1. The molecule has 0 radical (unpaired) electrons. The van der Waals surface area contributed by atoms with Crippen LogP contribution in [0.25, 0.3) is 0 Å². The fourth-order valence-electron chi connectivity index (χ4n) is 2.00. The van der Waals surface area contributed by atoms with Crippen molar-refractivity contribution in [3.63, 3.8) is 0 Å². The molecule has 18 heavy (non-hydrogen) atoms. The largest absolute Gasteiger partial charge is 0.480 e. The highest BCUT2D eigenvalue weighted by Gasteiger charge is 2.42. The summed E-state index contributed by atoms with van der Waals surface area (Å²) in [5.74, 6) is -1.39. The van der Waals surface area contributed by atoms with Crippen LogP contribution in [0.2, 0.25) is 0 Å². The Kier molecular flexibility index (Phi) is 5.55. The molecule has 0 aliphatic carbocycles. The zero-order valence-corrected chi connectivity index (χ0v) is 10.8. The van der Waals surface area contributed by atoms with E-state index in [0.717, 1.165) is 12.8 Å². The van der Waals surface area contributed by atoms with Crippen molar-refractivity contribution in [1.82, 2.24) is 5.32 Å². The average molecular weight is 258 g/mol. The Morgan fingerprint density at radius 2 is 2.06 bits per heavy atom. The van der Waals surface area contributed by atoms with E-state index >= 15 is 0 Å². The van der Waals surface area contributed by atoms with Gasteiger partial charge in [0.1, 0.15) is 5.54 Å². The SMILES string of the molecule is CCCC[C@H](N)C(=O)NC1(C(=O)O)CCOCC1. The van der Waals surface area contributed by atoms with Gasteiger partial charge in [-0.1, -0.05) is 19.8 Å². The number of carbonyl (C=O) groups excluding carboxylic acids is 1. The molecular weight excluding hydrogens is 236 g/mol. The van der Waals surface area contributed by atoms with Gasteiger partial charge in [-0.2, -0.15) is 0 Å². The van der Waals surface area contributed by atoms with E-state index in [-0.39, 0.29) is 18.7 Å². The van der Waals surface area contributed by atoms with Crippen LogP contribution in [0.5, 0.6) is 0 Å². The lowest BCUT2D eigenvalue weighted by molar-refractivity contribution is -0.152. The second-order valence-electron chi connectivity index (χ2n) is 4.74. The van der Waals surface area contributed by atoms with Crippen LogP contribution in [-0.2, 0) is 14.3 Å². The number of amides is 1. The van der Waals surface area contributed by atoms with Crippen LogP contribution in [0.1, 0.15) is 39.0 Å².